The third-order valence-electron chi connectivity index (χ3n) is 3.90. The Kier molecular flexibility index (Phi) is 5.65. The molecule has 0 radical (unpaired) electrons. The molecule has 1 heterocycles. The highest BCUT2D eigenvalue weighted by molar-refractivity contribution is 6.30. The molecule has 0 saturated heterocycles. The molecule has 0 fully saturated rings. The Morgan fingerprint density at radius 1 is 1.14 bits per heavy atom. The van der Waals surface area contributed by atoms with E-state index in [0.29, 0.717) is 10.7 Å². The van der Waals surface area contributed by atoms with Crippen LogP contribution in [0.15, 0.2) is 59.4 Å². The van der Waals surface area contributed by atoms with Crippen molar-refractivity contribution >= 4 is 29.7 Å². The second kappa shape index (κ2) is 8.31. The lowest BCUT2D eigenvalue weighted by atomic mass is 10.1. The summed E-state index contributed by atoms with van der Waals surface area (Å²) in [7, 11) is 0. The maximum absolute atomic E-state index is 12.8. The predicted molar refractivity (Wildman–Crippen MR) is 107 cm³/mol. The molecule has 0 aliphatic rings. The number of nitrogens with one attached hydrogen (secondary N) is 1. The summed E-state index contributed by atoms with van der Waals surface area (Å²) in [6, 6.07) is 17.4. The van der Waals surface area contributed by atoms with Crippen molar-refractivity contribution in [2.24, 2.45) is 5.84 Å². The summed E-state index contributed by atoms with van der Waals surface area (Å²) < 4.78 is 0.972. The zero-order chi connectivity index (χ0) is 20.1. The number of nitrogen functional groups attached to an aromatic ring is 1. The minimum atomic E-state index is -0.730. The fraction of sp³-hybridized carbons (Fsp3) is 0. The number of aromatic nitrogens is 2. The third kappa shape index (κ3) is 3.83. The molecule has 1 aromatic heterocycles. The van der Waals surface area contributed by atoms with Crippen LogP contribution in [0.25, 0.3) is 17.8 Å². The Bertz CT molecular complexity index is 1150. The van der Waals surface area contributed by atoms with E-state index in [-0.39, 0.29) is 16.8 Å². The Balaban J connectivity index is 2.24. The van der Waals surface area contributed by atoms with Gasteiger partial charge >= 0.3 is 0 Å². The van der Waals surface area contributed by atoms with Crippen LogP contribution in [0.1, 0.15) is 27.2 Å². The molecule has 1 amide bonds. The van der Waals surface area contributed by atoms with Crippen LogP contribution in [-0.2, 0) is 0 Å². The molecule has 0 spiro atoms. The number of nitrogens with zero attached hydrogens (tertiary/aromatic N) is 3. The van der Waals surface area contributed by atoms with E-state index in [1.54, 1.807) is 30.3 Å². The minimum Gasteiger partial charge on any atom is -0.289 e. The average Bonchev–Trinajstić information content (AvgIpc) is 2.73. The number of hydrogen-bond acceptors (Lipinski definition) is 5. The first-order chi connectivity index (χ1) is 13.5. The first-order valence-corrected chi connectivity index (χ1v) is 8.50. The van der Waals surface area contributed by atoms with Crippen LogP contribution >= 0.6 is 11.6 Å². The van der Waals surface area contributed by atoms with Gasteiger partial charge in [-0.05, 0) is 29.8 Å². The number of hydrazine groups is 1. The van der Waals surface area contributed by atoms with E-state index < -0.39 is 11.5 Å². The molecule has 0 atom stereocenters. The van der Waals surface area contributed by atoms with E-state index >= 15 is 0 Å². The summed E-state index contributed by atoms with van der Waals surface area (Å²) in [4.78, 5) is 25.1. The number of nitriles is 1. The fourth-order valence-electron chi connectivity index (χ4n) is 2.55. The molecule has 3 rings (SSSR count). The SMILES string of the molecule is N#Cc1c(/C=C/c2ccccc2)c(C(=O)NN)nn(-c2ccc(Cl)cc2)c1=O. The van der Waals surface area contributed by atoms with E-state index in [1.165, 1.54) is 6.08 Å². The predicted octanol–water partition coefficient (Wildman–Crippen LogP) is 2.53. The van der Waals surface area contributed by atoms with Gasteiger partial charge in [-0.1, -0.05) is 54.1 Å². The Hall–Kier alpha value is -3.73. The zero-order valence-electron chi connectivity index (χ0n) is 14.5. The molecular formula is C20H14ClN5O2. The van der Waals surface area contributed by atoms with Crippen LogP contribution in [0.4, 0.5) is 0 Å². The standard InChI is InChI=1S/C20H14ClN5O2/c21-14-7-9-15(10-8-14)26-20(28)17(12-22)16(18(25-26)19(27)24-23)11-6-13-4-2-1-3-5-13/h1-11H,23H2,(H,24,27)/b11-6+. The van der Waals surface area contributed by atoms with E-state index in [2.05, 4.69) is 5.10 Å². The van der Waals surface area contributed by atoms with E-state index in [0.717, 1.165) is 10.2 Å². The van der Waals surface area contributed by atoms with E-state index in [4.69, 9.17) is 17.4 Å². The van der Waals surface area contributed by atoms with Gasteiger partial charge in [0.05, 0.1) is 5.69 Å². The summed E-state index contributed by atoms with van der Waals surface area (Å²) in [5, 5.41) is 14.2. The van der Waals surface area contributed by atoms with Gasteiger partial charge in [0.15, 0.2) is 5.69 Å². The van der Waals surface area contributed by atoms with Crippen LogP contribution in [0.5, 0.6) is 0 Å². The highest BCUT2D eigenvalue weighted by Crippen LogP contribution is 2.17. The zero-order valence-corrected chi connectivity index (χ0v) is 15.2. The summed E-state index contributed by atoms with van der Waals surface area (Å²) >= 11 is 5.88. The Morgan fingerprint density at radius 3 is 2.43 bits per heavy atom. The lowest BCUT2D eigenvalue weighted by Crippen LogP contribution is -2.35. The van der Waals surface area contributed by atoms with Crippen LogP contribution in [-0.4, -0.2) is 15.7 Å². The van der Waals surface area contributed by atoms with Gasteiger partial charge in [0, 0.05) is 10.6 Å². The van der Waals surface area contributed by atoms with Crippen molar-refractivity contribution in [3.63, 3.8) is 0 Å². The van der Waals surface area contributed by atoms with Gasteiger partial charge < -0.3 is 0 Å². The topological polar surface area (TPSA) is 114 Å². The number of halogens is 1. The molecule has 2 aromatic carbocycles. The molecule has 7 nitrogen and oxygen atoms in total. The van der Waals surface area contributed by atoms with Gasteiger partial charge in [0.2, 0.25) is 0 Å². The first-order valence-electron chi connectivity index (χ1n) is 8.12. The molecule has 3 aromatic rings. The number of carbonyl (C=O) groups excluding carboxylic acids is 1. The molecule has 8 heteroatoms. The van der Waals surface area contributed by atoms with Crippen molar-refractivity contribution in [2.75, 3.05) is 0 Å². The molecule has 138 valence electrons. The van der Waals surface area contributed by atoms with Crippen LogP contribution in [0.3, 0.4) is 0 Å². The van der Waals surface area contributed by atoms with Gasteiger partial charge in [-0.2, -0.15) is 15.0 Å². The van der Waals surface area contributed by atoms with Crippen LogP contribution < -0.4 is 16.8 Å². The Morgan fingerprint density at radius 2 is 1.82 bits per heavy atom. The highest BCUT2D eigenvalue weighted by Gasteiger charge is 2.21. The molecule has 0 bridgehead atoms. The number of hydrogen-bond donors (Lipinski definition) is 2. The maximum atomic E-state index is 12.8. The van der Waals surface area contributed by atoms with Crippen molar-refractivity contribution in [3.8, 4) is 11.8 Å². The summed E-state index contributed by atoms with van der Waals surface area (Å²) in [5.74, 6) is 4.54. The highest BCUT2D eigenvalue weighted by atomic mass is 35.5. The second-order valence-corrected chi connectivity index (χ2v) is 6.10. The molecule has 0 unspecified atom stereocenters. The number of amides is 1. The van der Waals surface area contributed by atoms with Gasteiger partial charge in [-0.3, -0.25) is 15.0 Å². The van der Waals surface area contributed by atoms with Crippen LogP contribution in [0, 0.1) is 11.3 Å². The van der Waals surface area contributed by atoms with Gasteiger partial charge in [-0.15, -0.1) is 0 Å². The lowest BCUT2D eigenvalue weighted by Gasteiger charge is -2.11. The molecule has 0 saturated carbocycles. The van der Waals surface area contributed by atoms with Crippen molar-refractivity contribution in [2.45, 2.75) is 0 Å². The third-order valence-corrected chi connectivity index (χ3v) is 4.15. The number of nitrogens with two attached hydrogens (primary N) is 1. The monoisotopic (exact) mass is 391 g/mol. The summed E-state index contributed by atoms with van der Waals surface area (Å²) in [5.41, 5.74) is 2.23. The number of carbonyl (C=O) groups is 1. The van der Waals surface area contributed by atoms with Crippen LogP contribution in [0.2, 0.25) is 5.02 Å². The van der Waals surface area contributed by atoms with Gasteiger partial charge in [-0.25, -0.2) is 5.84 Å². The van der Waals surface area contributed by atoms with E-state index in [9.17, 15) is 14.9 Å². The second-order valence-electron chi connectivity index (χ2n) is 5.66. The molecular weight excluding hydrogens is 378 g/mol. The fourth-order valence-corrected chi connectivity index (χ4v) is 2.67. The van der Waals surface area contributed by atoms with Crippen molar-refractivity contribution in [1.29, 1.82) is 5.26 Å². The minimum absolute atomic E-state index is 0.0875. The maximum Gasteiger partial charge on any atom is 0.290 e. The lowest BCUT2D eigenvalue weighted by molar-refractivity contribution is 0.0946. The quantitative estimate of drug-likeness (QED) is 0.403. The number of rotatable bonds is 4. The summed E-state index contributed by atoms with van der Waals surface area (Å²) in [6.07, 6.45) is 3.18. The summed E-state index contributed by atoms with van der Waals surface area (Å²) in [6.45, 7) is 0. The Labute approximate surface area is 165 Å². The largest absolute Gasteiger partial charge is 0.290 e. The number of benzene rings is 2. The average molecular weight is 392 g/mol. The van der Waals surface area contributed by atoms with Crippen molar-refractivity contribution in [1.82, 2.24) is 15.2 Å². The normalized spacial score (nSPS) is 10.6. The van der Waals surface area contributed by atoms with E-state index in [1.807, 2.05) is 41.8 Å². The van der Waals surface area contributed by atoms with Crippen molar-refractivity contribution in [3.05, 3.63) is 92.4 Å². The molecule has 0 aliphatic carbocycles. The molecule has 3 N–H and O–H groups in total. The molecule has 28 heavy (non-hydrogen) atoms. The van der Waals surface area contributed by atoms with Gasteiger partial charge in [0.1, 0.15) is 11.6 Å². The van der Waals surface area contributed by atoms with Crippen molar-refractivity contribution < 1.29 is 4.79 Å². The smallest absolute Gasteiger partial charge is 0.289 e. The first kappa shape index (κ1) is 19.0. The molecule has 0 aliphatic heterocycles. The van der Waals surface area contributed by atoms with Gasteiger partial charge in [0.25, 0.3) is 11.5 Å².